The first-order chi connectivity index (χ1) is 5.24. The first kappa shape index (κ1) is 8.39. The molecule has 1 aliphatic rings. The smallest absolute Gasteiger partial charge is 0.155 e. The normalized spacial score (nSPS) is 32.0. The van der Waals surface area contributed by atoms with E-state index in [-0.39, 0.29) is 5.78 Å². The van der Waals surface area contributed by atoms with Crippen LogP contribution in [0.5, 0.6) is 0 Å². The van der Waals surface area contributed by atoms with Crippen molar-refractivity contribution >= 4 is 5.78 Å². The van der Waals surface area contributed by atoms with Gasteiger partial charge in [-0.25, -0.2) is 4.89 Å². The molecule has 0 aliphatic heterocycles. The third-order valence-electron chi connectivity index (χ3n) is 1.67. The molecule has 1 rings (SSSR count). The van der Waals surface area contributed by atoms with Crippen LogP contribution in [0, 0.1) is 0 Å². The fraction of sp³-hybridized carbons (Fsp3) is 0.571. The standard InChI is InChI=1S/C7H10O4/c8-5-1-3-6(9)7(11-10)4-2-5/h1,3,6-7,9-10H,2,4H2/t6-,7-/m0/s1. The van der Waals surface area contributed by atoms with E-state index in [2.05, 4.69) is 4.89 Å². The zero-order chi connectivity index (χ0) is 8.27. The lowest BCUT2D eigenvalue weighted by Crippen LogP contribution is -2.25. The fourth-order valence-corrected chi connectivity index (χ4v) is 0.984. The van der Waals surface area contributed by atoms with Crippen molar-refractivity contribution in [1.82, 2.24) is 0 Å². The average Bonchev–Trinajstić information content (AvgIpc) is 2.15. The van der Waals surface area contributed by atoms with Gasteiger partial charge in [-0.05, 0) is 18.6 Å². The summed E-state index contributed by atoms with van der Waals surface area (Å²) in [5, 5.41) is 17.4. The summed E-state index contributed by atoms with van der Waals surface area (Å²) in [7, 11) is 0. The summed E-state index contributed by atoms with van der Waals surface area (Å²) in [6.07, 6.45) is 1.74. The Morgan fingerprint density at radius 1 is 1.64 bits per heavy atom. The van der Waals surface area contributed by atoms with Gasteiger partial charge < -0.3 is 5.11 Å². The molecule has 2 N–H and O–H groups in total. The molecule has 11 heavy (non-hydrogen) atoms. The molecule has 0 bridgehead atoms. The number of rotatable bonds is 1. The molecule has 0 spiro atoms. The zero-order valence-corrected chi connectivity index (χ0v) is 5.93. The van der Waals surface area contributed by atoms with Crippen molar-refractivity contribution in [2.75, 3.05) is 0 Å². The monoisotopic (exact) mass is 158 g/mol. The van der Waals surface area contributed by atoms with Crippen molar-refractivity contribution in [2.45, 2.75) is 25.0 Å². The van der Waals surface area contributed by atoms with Crippen molar-refractivity contribution in [1.29, 1.82) is 0 Å². The Labute approximate surface area is 64.0 Å². The maximum atomic E-state index is 10.8. The van der Waals surface area contributed by atoms with Gasteiger partial charge in [0.25, 0.3) is 0 Å². The Bertz CT molecular complexity index is 175. The Balaban J connectivity index is 2.60. The van der Waals surface area contributed by atoms with Gasteiger partial charge in [-0.3, -0.25) is 10.1 Å². The molecule has 1 aliphatic carbocycles. The van der Waals surface area contributed by atoms with E-state index in [0.29, 0.717) is 12.8 Å². The van der Waals surface area contributed by atoms with Crippen molar-refractivity contribution < 1.29 is 20.0 Å². The SMILES string of the molecule is O=C1C=C[C@H](O)[C@@H](OO)CC1. The van der Waals surface area contributed by atoms with E-state index in [1.54, 1.807) is 0 Å². The second-order valence-electron chi connectivity index (χ2n) is 2.50. The fourth-order valence-electron chi connectivity index (χ4n) is 0.984. The summed E-state index contributed by atoms with van der Waals surface area (Å²) in [4.78, 5) is 14.7. The van der Waals surface area contributed by atoms with Gasteiger partial charge in [-0.15, -0.1) is 0 Å². The molecular weight excluding hydrogens is 148 g/mol. The molecule has 0 fully saturated rings. The van der Waals surface area contributed by atoms with Gasteiger partial charge in [0.2, 0.25) is 0 Å². The molecule has 62 valence electrons. The van der Waals surface area contributed by atoms with Crippen molar-refractivity contribution in [3.8, 4) is 0 Å². The Hall–Kier alpha value is -0.710. The highest BCUT2D eigenvalue weighted by Crippen LogP contribution is 2.12. The quantitative estimate of drug-likeness (QED) is 0.420. The minimum atomic E-state index is -0.883. The van der Waals surface area contributed by atoms with E-state index in [4.69, 9.17) is 10.4 Å². The van der Waals surface area contributed by atoms with Crippen molar-refractivity contribution in [3.63, 3.8) is 0 Å². The Kier molecular flexibility index (Phi) is 2.76. The molecule has 0 radical (unpaired) electrons. The highest BCUT2D eigenvalue weighted by molar-refractivity contribution is 5.89. The van der Waals surface area contributed by atoms with Gasteiger partial charge >= 0.3 is 0 Å². The first-order valence-corrected chi connectivity index (χ1v) is 3.43. The van der Waals surface area contributed by atoms with Crippen LogP contribution in [0.3, 0.4) is 0 Å². The summed E-state index contributed by atoms with van der Waals surface area (Å²) < 4.78 is 0. The predicted molar refractivity (Wildman–Crippen MR) is 36.9 cm³/mol. The third kappa shape index (κ3) is 2.11. The van der Waals surface area contributed by atoms with Crippen LogP contribution in [0.1, 0.15) is 12.8 Å². The summed E-state index contributed by atoms with van der Waals surface area (Å²) in [5.74, 6) is -0.0522. The third-order valence-corrected chi connectivity index (χ3v) is 1.67. The van der Waals surface area contributed by atoms with E-state index in [0.717, 1.165) is 0 Å². The average molecular weight is 158 g/mol. The summed E-state index contributed by atoms with van der Waals surface area (Å²) in [6.45, 7) is 0. The van der Waals surface area contributed by atoms with Gasteiger partial charge in [-0.1, -0.05) is 0 Å². The van der Waals surface area contributed by atoms with E-state index < -0.39 is 12.2 Å². The van der Waals surface area contributed by atoms with Crippen molar-refractivity contribution in [3.05, 3.63) is 12.2 Å². The van der Waals surface area contributed by atoms with Gasteiger partial charge in [0.1, 0.15) is 12.2 Å². The van der Waals surface area contributed by atoms with Crippen LogP contribution in [-0.2, 0) is 9.68 Å². The van der Waals surface area contributed by atoms with Gasteiger partial charge in [0, 0.05) is 6.42 Å². The molecule has 0 aromatic carbocycles. The Morgan fingerprint density at radius 2 is 2.36 bits per heavy atom. The van der Waals surface area contributed by atoms with Crippen LogP contribution in [-0.4, -0.2) is 28.4 Å². The molecular formula is C7H10O4. The minimum Gasteiger partial charge on any atom is -0.386 e. The molecule has 4 nitrogen and oxygen atoms in total. The number of ketones is 1. The van der Waals surface area contributed by atoms with Crippen LogP contribution in [0.15, 0.2) is 12.2 Å². The summed E-state index contributed by atoms with van der Waals surface area (Å²) >= 11 is 0. The maximum absolute atomic E-state index is 10.8. The first-order valence-electron chi connectivity index (χ1n) is 3.43. The lowest BCUT2D eigenvalue weighted by Gasteiger charge is -2.13. The molecule has 0 saturated heterocycles. The Morgan fingerprint density at radius 3 is 3.00 bits per heavy atom. The highest BCUT2D eigenvalue weighted by atomic mass is 17.1. The molecule has 0 heterocycles. The summed E-state index contributed by atoms with van der Waals surface area (Å²) in [5.41, 5.74) is 0. The van der Waals surface area contributed by atoms with Crippen molar-refractivity contribution in [2.24, 2.45) is 0 Å². The van der Waals surface area contributed by atoms with Gasteiger partial charge in [0.05, 0.1) is 0 Å². The molecule has 0 aromatic heterocycles. The molecule has 0 unspecified atom stereocenters. The number of carbonyl (C=O) groups is 1. The van der Waals surface area contributed by atoms with Crippen LogP contribution in [0.4, 0.5) is 0 Å². The largest absolute Gasteiger partial charge is 0.386 e. The molecule has 0 saturated carbocycles. The van der Waals surface area contributed by atoms with Crippen LogP contribution in [0.25, 0.3) is 0 Å². The topological polar surface area (TPSA) is 66.8 Å². The second kappa shape index (κ2) is 3.61. The summed E-state index contributed by atoms with van der Waals surface area (Å²) in [6, 6.07) is 0. The van der Waals surface area contributed by atoms with Crippen LogP contribution in [0.2, 0.25) is 0 Å². The molecule has 0 aromatic rings. The van der Waals surface area contributed by atoms with E-state index in [9.17, 15) is 4.79 Å². The number of aliphatic hydroxyl groups excluding tert-OH is 1. The molecule has 0 amide bonds. The predicted octanol–water partition coefficient (Wildman–Crippen LogP) is 0.125. The zero-order valence-electron chi connectivity index (χ0n) is 5.93. The minimum absolute atomic E-state index is 0.0522. The maximum Gasteiger partial charge on any atom is 0.155 e. The second-order valence-corrected chi connectivity index (χ2v) is 2.50. The number of hydrogen-bond acceptors (Lipinski definition) is 4. The number of hydrogen-bond donors (Lipinski definition) is 2. The van der Waals surface area contributed by atoms with Crippen LogP contribution < -0.4 is 0 Å². The van der Waals surface area contributed by atoms with Gasteiger partial charge in [0.15, 0.2) is 5.78 Å². The molecule has 4 heteroatoms. The van der Waals surface area contributed by atoms with E-state index >= 15 is 0 Å². The number of aliphatic hydroxyl groups is 1. The lowest BCUT2D eigenvalue weighted by atomic mass is 10.1. The number of allylic oxidation sites excluding steroid dienone is 1. The molecule has 2 atom stereocenters. The number of carbonyl (C=O) groups excluding carboxylic acids is 1. The van der Waals surface area contributed by atoms with E-state index in [1.165, 1.54) is 12.2 Å². The van der Waals surface area contributed by atoms with E-state index in [1.807, 2.05) is 0 Å². The van der Waals surface area contributed by atoms with Crippen LogP contribution >= 0.6 is 0 Å². The van der Waals surface area contributed by atoms with Gasteiger partial charge in [-0.2, -0.15) is 0 Å². The lowest BCUT2D eigenvalue weighted by molar-refractivity contribution is -0.293. The highest BCUT2D eigenvalue weighted by Gasteiger charge is 2.21.